The van der Waals surface area contributed by atoms with E-state index < -0.39 is 11.7 Å². The Labute approximate surface area is 180 Å². The van der Waals surface area contributed by atoms with Gasteiger partial charge in [0.25, 0.3) is 5.56 Å². The predicted molar refractivity (Wildman–Crippen MR) is 115 cm³/mol. The molecule has 0 spiro atoms. The summed E-state index contributed by atoms with van der Waals surface area (Å²) in [5, 5.41) is 3.40. The lowest BCUT2D eigenvalue weighted by atomic mass is 10.0. The van der Waals surface area contributed by atoms with E-state index in [1.165, 1.54) is 27.8 Å². The van der Waals surface area contributed by atoms with Gasteiger partial charge in [0, 0.05) is 36.3 Å². The fraction of sp³-hybridized carbons (Fsp3) is 0.217. The third-order valence-corrected chi connectivity index (χ3v) is 6.60. The summed E-state index contributed by atoms with van der Waals surface area (Å²) in [6.07, 6.45) is -3.78. The van der Waals surface area contributed by atoms with Gasteiger partial charge in [0.2, 0.25) is 0 Å². The van der Waals surface area contributed by atoms with E-state index >= 15 is 0 Å². The van der Waals surface area contributed by atoms with Crippen molar-refractivity contribution in [2.24, 2.45) is 0 Å². The first-order valence-corrected chi connectivity index (χ1v) is 10.7. The Morgan fingerprint density at radius 3 is 2.65 bits per heavy atom. The molecule has 8 heteroatoms. The Morgan fingerprint density at radius 2 is 1.87 bits per heavy atom. The van der Waals surface area contributed by atoms with E-state index in [0.29, 0.717) is 35.6 Å². The van der Waals surface area contributed by atoms with Crippen molar-refractivity contribution in [1.29, 1.82) is 0 Å². The fourth-order valence-corrected chi connectivity index (χ4v) is 4.92. The lowest BCUT2D eigenvalue weighted by Crippen LogP contribution is -2.35. The van der Waals surface area contributed by atoms with E-state index in [2.05, 4.69) is 32.4 Å². The Hall–Kier alpha value is -2.97. The molecule has 0 saturated heterocycles. The van der Waals surface area contributed by atoms with Crippen molar-refractivity contribution in [1.82, 2.24) is 14.9 Å². The SMILES string of the molecule is O=c1[nH]c(-c2ccc(C(F)(F)F)cc2)nc2c1CN(Cc1csc3ccccc13)CC2. The topological polar surface area (TPSA) is 49.0 Å². The van der Waals surface area contributed by atoms with Crippen molar-refractivity contribution < 1.29 is 13.2 Å². The molecular weight excluding hydrogens is 423 g/mol. The fourth-order valence-electron chi connectivity index (χ4n) is 3.97. The Morgan fingerprint density at radius 1 is 1.10 bits per heavy atom. The van der Waals surface area contributed by atoms with Gasteiger partial charge in [-0.2, -0.15) is 13.2 Å². The molecule has 31 heavy (non-hydrogen) atoms. The molecular formula is C23H18F3N3OS. The van der Waals surface area contributed by atoms with Crippen molar-refractivity contribution in [3.05, 3.63) is 86.6 Å². The van der Waals surface area contributed by atoms with E-state index in [1.807, 2.05) is 12.1 Å². The molecule has 0 bridgehead atoms. The van der Waals surface area contributed by atoms with Crippen LogP contribution in [0.25, 0.3) is 21.5 Å². The number of hydrogen-bond acceptors (Lipinski definition) is 4. The van der Waals surface area contributed by atoms with E-state index in [0.717, 1.165) is 25.2 Å². The maximum Gasteiger partial charge on any atom is 0.416 e. The predicted octanol–water partition coefficient (Wildman–Crippen LogP) is 5.23. The van der Waals surface area contributed by atoms with Crippen LogP contribution >= 0.6 is 11.3 Å². The lowest BCUT2D eigenvalue weighted by Gasteiger charge is -2.27. The van der Waals surface area contributed by atoms with Gasteiger partial charge in [-0.05, 0) is 34.5 Å². The van der Waals surface area contributed by atoms with Crippen LogP contribution in [0.2, 0.25) is 0 Å². The third kappa shape index (κ3) is 3.88. The van der Waals surface area contributed by atoms with E-state index in [1.54, 1.807) is 11.3 Å². The van der Waals surface area contributed by atoms with Gasteiger partial charge in [0.15, 0.2) is 0 Å². The van der Waals surface area contributed by atoms with Gasteiger partial charge in [0.05, 0.1) is 16.8 Å². The molecule has 2 aromatic carbocycles. The van der Waals surface area contributed by atoms with Crippen LogP contribution in [-0.2, 0) is 25.7 Å². The van der Waals surface area contributed by atoms with Gasteiger partial charge in [-0.15, -0.1) is 11.3 Å². The number of halogens is 3. The lowest BCUT2D eigenvalue weighted by molar-refractivity contribution is -0.137. The maximum absolute atomic E-state index is 12.8. The molecule has 0 atom stereocenters. The number of fused-ring (bicyclic) bond motifs is 2. The van der Waals surface area contributed by atoms with Gasteiger partial charge in [0.1, 0.15) is 5.82 Å². The molecule has 5 rings (SSSR count). The average Bonchev–Trinajstić information content (AvgIpc) is 3.16. The van der Waals surface area contributed by atoms with E-state index in [9.17, 15) is 18.0 Å². The summed E-state index contributed by atoms with van der Waals surface area (Å²) in [7, 11) is 0. The number of benzene rings is 2. The minimum absolute atomic E-state index is 0.236. The van der Waals surface area contributed by atoms with Crippen molar-refractivity contribution in [2.75, 3.05) is 6.54 Å². The zero-order valence-corrected chi connectivity index (χ0v) is 17.2. The first-order valence-electron chi connectivity index (χ1n) is 9.85. The molecule has 1 aliphatic heterocycles. The van der Waals surface area contributed by atoms with Crippen molar-refractivity contribution in [3.8, 4) is 11.4 Å². The minimum Gasteiger partial charge on any atom is -0.306 e. The molecule has 0 unspecified atom stereocenters. The average molecular weight is 441 g/mol. The zero-order valence-electron chi connectivity index (χ0n) is 16.4. The second kappa shape index (κ2) is 7.62. The van der Waals surface area contributed by atoms with Crippen LogP contribution < -0.4 is 5.56 Å². The number of hydrogen-bond donors (Lipinski definition) is 1. The van der Waals surface area contributed by atoms with Crippen LogP contribution in [0.15, 0.2) is 58.7 Å². The molecule has 0 amide bonds. The second-order valence-electron chi connectivity index (χ2n) is 7.63. The normalized spacial score (nSPS) is 14.7. The molecule has 0 saturated carbocycles. The molecule has 0 radical (unpaired) electrons. The van der Waals surface area contributed by atoms with Crippen LogP contribution in [0.1, 0.15) is 22.4 Å². The Balaban J connectivity index is 1.38. The summed E-state index contributed by atoms with van der Waals surface area (Å²) in [6.45, 7) is 2.01. The second-order valence-corrected chi connectivity index (χ2v) is 8.54. The summed E-state index contributed by atoms with van der Waals surface area (Å²) in [5.74, 6) is 0.301. The molecule has 2 aromatic heterocycles. The summed E-state index contributed by atoms with van der Waals surface area (Å²) in [6, 6.07) is 13.0. The number of alkyl halides is 3. The standard InChI is InChI=1S/C23H18F3N3OS/c24-23(25,26)16-7-5-14(6-8-16)21-27-19-9-10-29(12-18(19)22(30)28-21)11-15-13-31-20-4-2-1-3-17(15)20/h1-8,13H,9-12H2,(H,27,28,30). The first kappa shape index (κ1) is 20.0. The quantitative estimate of drug-likeness (QED) is 0.474. The summed E-state index contributed by atoms with van der Waals surface area (Å²) < 4.78 is 39.6. The summed E-state index contributed by atoms with van der Waals surface area (Å²) >= 11 is 1.72. The maximum atomic E-state index is 12.8. The van der Waals surface area contributed by atoms with Gasteiger partial charge in [-0.3, -0.25) is 9.69 Å². The van der Waals surface area contributed by atoms with E-state index in [4.69, 9.17) is 0 Å². The number of nitrogens with zero attached hydrogens (tertiary/aromatic N) is 2. The smallest absolute Gasteiger partial charge is 0.306 e. The summed E-state index contributed by atoms with van der Waals surface area (Å²) in [5.41, 5.74) is 2.08. The third-order valence-electron chi connectivity index (χ3n) is 5.59. The highest BCUT2D eigenvalue weighted by molar-refractivity contribution is 7.17. The van der Waals surface area contributed by atoms with Gasteiger partial charge in [-0.25, -0.2) is 4.98 Å². The van der Waals surface area contributed by atoms with Crippen LogP contribution in [0.3, 0.4) is 0 Å². The highest BCUT2D eigenvalue weighted by Crippen LogP contribution is 2.31. The number of H-pyrrole nitrogens is 1. The van der Waals surface area contributed by atoms with Crippen LogP contribution in [0.4, 0.5) is 13.2 Å². The molecule has 4 aromatic rings. The molecule has 0 fully saturated rings. The van der Waals surface area contributed by atoms with Crippen molar-refractivity contribution in [3.63, 3.8) is 0 Å². The molecule has 1 aliphatic rings. The minimum atomic E-state index is -4.40. The number of nitrogens with one attached hydrogen (secondary N) is 1. The number of aromatic amines is 1. The van der Waals surface area contributed by atoms with Gasteiger partial charge in [-0.1, -0.05) is 30.3 Å². The van der Waals surface area contributed by atoms with Crippen LogP contribution in [-0.4, -0.2) is 21.4 Å². The van der Waals surface area contributed by atoms with Crippen molar-refractivity contribution in [2.45, 2.75) is 25.7 Å². The Bertz CT molecular complexity index is 1310. The number of thiophene rings is 1. The monoisotopic (exact) mass is 441 g/mol. The van der Waals surface area contributed by atoms with Gasteiger partial charge >= 0.3 is 6.18 Å². The molecule has 3 heterocycles. The van der Waals surface area contributed by atoms with Crippen molar-refractivity contribution >= 4 is 21.4 Å². The Kier molecular flexibility index (Phi) is 4.91. The zero-order chi connectivity index (χ0) is 21.6. The number of rotatable bonds is 3. The molecule has 158 valence electrons. The first-order chi connectivity index (χ1) is 14.9. The van der Waals surface area contributed by atoms with Crippen LogP contribution in [0.5, 0.6) is 0 Å². The highest BCUT2D eigenvalue weighted by Gasteiger charge is 2.30. The van der Waals surface area contributed by atoms with Gasteiger partial charge < -0.3 is 4.98 Å². The van der Waals surface area contributed by atoms with Crippen LogP contribution in [0, 0.1) is 0 Å². The van der Waals surface area contributed by atoms with E-state index in [-0.39, 0.29) is 5.56 Å². The largest absolute Gasteiger partial charge is 0.416 e. The molecule has 4 nitrogen and oxygen atoms in total. The highest BCUT2D eigenvalue weighted by atomic mass is 32.1. The summed E-state index contributed by atoms with van der Waals surface area (Å²) in [4.78, 5) is 22.3. The number of aromatic nitrogens is 2. The molecule has 1 N–H and O–H groups in total. The molecule has 0 aliphatic carbocycles.